The summed E-state index contributed by atoms with van der Waals surface area (Å²) in [5.41, 5.74) is 2.47. The number of benzene rings is 4. The molecule has 0 saturated heterocycles. The number of rotatable bonds is 15. The van der Waals surface area contributed by atoms with Crippen LogP contribution in [0.5, 0.6) is 5.75 Å². The van der Waals surface area contributed by atoms with Gasteiger partial charge in [-0.05, 0) is 53.3 Å². The summed E-state index contributed by atoms with van der Waals surface area (Å²) < 4.78 is 47.0. The predicted molar refractivity (Wildman–Crippen MR) is 168 cm³/mol. The van der Waals surface area contributed by atoms with Crippen molar-refractivity contribution in [2.45, 2.75) is 50.7 Å². The molecule has 0 aliphatic heterocycles. The lowest BCUT2D eigenvalue weighted by atomic mass is 9.90. The van der Waals surface area contributed by atoms with Gasteiger partial charge in [0.25, 0.3) is 0 Å². The Hall–Kier alpha value is -3.81. The summed E-state index contributed by atoms with van der Waals surface area (Å²) in [7, 11) is 0. The molecule has 44 heavy (non-hydrogen) atoms. The number of halogens is 4. The summed E-state index contributed by atoms with van der Waals surface area (Å²) in [5.74, 6) is -0.890. The van der Waals surface area contributed by atoms with E-state index in [4.69, 9.17) is 16.3 Å². The Labute approximate surface area is 262 Å². The van der Waals surface area contributed by atoms with Crippen LogP contribution >= 0.6 is 11.6 Å². The molecule has 0 heterocycles. The number of carboxylic acid groups (broad SMARTS) is 1. The van der Waals surface area contributed by atoms with Gasteiger partial charge in [0.2, 0.25) is 0 Å². The number of hydrogen-bond donors (Lipinski definition) is 1. The molecule has 1 atom stereocenters. The van der Waals surface area contributed by atoms with E-state index >= 15 is 0 Å². The van der Waals surface area contributed by atoms with Crippen molar-refractivity contribution in [2.75, 3.05) is 19.7 Å². The molecule has 0 bridgehead atoms. The Morgan fingerprint density at radius 1 is 0.886 bits per heavy atom. The highest BCUT2D eigenvalue weighted by atomic mass is 35.5. The molecule has 0 spiro atoms. The largest absolute Gasteiger partial charge is 0.494 e. The number of carbonyl (C=O) groups is 1. The molecule has 0 aliphatic carbocycles. The topological polar surface area (TPSA) is 49.8 Å². The van der Waals surface area contributed by atoms with Crippen molar-refractivity contribution in [3.8, 4) is 5.75 Å². The minimum atomic E-state index is -4.55. The highest BCUT2D eigenvalue weighted by Crippen LogP contribution is 2.37. The fourth-order valence-electron chi connectivity index (χ4n) is 5.45. The summed E-state index contributed by atoms with van der Waals surface area (Å²) in [4.78, 5) is 13.9. The lowest BCUT2D eigenvalue weighted by Gasteiger charge is -2.29. The van der Waals surface area contributed by atoms with Crippen LogP contribution in [0.4, 0.5) is 13.2 Å². The zero-order chi connectivity index (χ0) is 31.5. The molecule has 0 aliphatic rings. The molecular formula is C36H37ClF3NO3. The number of nitrogens with zero attached hydrogens (tertiary/aromatic N) is 1. The van der Waals surface area contributed by atoms with Gasteiger partial charge in [0.1, 0.15) is 5.75 Å². The number of carboxylic acids is 1. The van der Waals surface area contributed by atoms with Crippen LogP contribution in [0.3, 0.4) is 0 Å². The van der Waals surface area contributed by atoms with Crippen LogP contribution in [0.1, 0.15) is 65.8 Å². The highest BCUT2D eigenvalue weighted by Gasteiger charge is 2.34. The van der Waals surface area contributed by atoms with E-state index in [-0.39, 0.29) is 17.5 Å². The van der Waals surface area contributed by atoms with Crippen LogP contribution in [-0.4, -0.2) is 35.7 Å². The fraction of sp³-hybridized carbons (Fsp3) is 0.306. The summed E-state index contributed by atoms with van der Waals surface area (Å²) >= 11 is 6.32. The highest BCUT2D eigenvalue weighted by molar-refractivity contribution is 6.32. The van der Waals surface area contributed by atoms with Crippen molar-refractivity contribution in [3.05, 3.63) is 136 Å². The van der Waals surface area contributed by atoms with E-state index in [2.05, 4.69) is 29.2 Å². The molecule has 0 saturated carbocycles. The predicted octanol–water partition coefficient (Wildman–Crippen LogP) is 9.43. The van der Waals surface area contributed by atoms with E-state index in [1.165, 1.54) is 6.07 Å². The number of aliphatic carboxylic acids is 1. The fourth-order valence-corrected chi connectivity index (χ4v) is 5.74. The third-order valence-electron chi connectivity index (χ3n) is 7.65. The van der Waals surface area contributed by atoms with Crippen LogP contribution < -0.4 is 4.74 Å². The normalized spacial score (nSPS) is 12.4. The van der Waals surface area contributed by atoms with E-state index in [0.717, 1.165) is 23.6 Å². The summed E-state index contributed by atoms with van der Waals surface area (Å²) in [6, 6.07) is 31.3. The van der Waals surface area contributed by atoms with Crippen LogP contribution in [0.15, 0.2) is 103 Å². The van der Waals surface area contributed by atoms with Crippen LogP contribution in [0.2, 0.25) is 5.02 Å². The monoisotopic (exact) mass is 623 g/mol. The van der Waals surface area contributed by atoms with Crippen molar-refractivity contribution in [1.82, 2.24) is 4.90 Å². The van der Waals surface area contributed by atoms with Crippen LogP contribution in [-0.2, 0) is 17.5 Å². The van der Waals surface area contributed by atoms with E-state index in [1.54, 1.807) is 30.3 Å². The molecular weight excluding hydrogens is 587 g/mol. The van der Waals surface area contributed by atoms with Gasteiger partial charge in [0, 0.05) is 25.6 Å². The Morgan fingerprint density at radius 2 is 1.50 bits per heavy atom. The minimum Gasteiger partial charge on any atom is -0.494 e. The second-order valence-corrected chi connectivity index (χ2v) is 11.2. The first-order valence-corrected chi connectivity index (χ1v) is 15.2. The first kappa shape index (κ1) is 33.1. The van der Waals surface area contributed by atoms with Gasteiger partial charge in [-0.3, -0.25) is 9.69 Å². The third kappa shape index (κ3) is 9.10. The third-order valence-corrected chi connectivity index (χ3v) is 8.09. The van der Waals surface area contributed by atoms with Gasteiger partial charge in [0.05, 0.1) is 23.1 Å². The average Bonchev–Trinajstić information content (AvgIpc) is 3.01. The Kier molecular flexibility index (Phi) is 11.9. The van der Waals surface area contributed by atoms with Gasteiger partial charge in [0.15, 0.2) is 0 Å². The van der Waals surface area contributed by atoms with Gasteiger partial charge in [-0.2, -0.15) is 13.2 Å². The van der Waals surface area contributed by atoms with Crippen molar-refractivity contribution in [2.24, 2.45) is 0 Å². The summed E-state index contributed by atoms with van der Waals surface area (Å²) in [5, 5.41) is 9.36. The SMILES string of the molecule is CCCC(C(=O)O)c1cccc(OCCCN(Cc2cccc(C(F)(F)F)c2Cl)CC(c2ccccc2)c2ccccc2)c1. The molecule has 4 aromatic rings. The van der Waals surface area contributed by atoms with Gasteiger partial charge in [-0.1, -0.05) is 110 Å². The minimum absolute atomic E-state index is 0.0221. The standard InChI is InChI=1S/C36H37ClF3NO3/c1-2-12-31(35(42)43)28-17-9-19-30(23-28)44-22-11-21-41(24-29-18-10-20-33(34(29)37)36(38,39)40)25-32(26-13-5-3-6-14-26)27-15-7-4-8-16-27/h3-10,13-20,23,31-32H,2,11-12,21-22,24-25H2,1H3,(H,42,43). The molecule has 4 nitrogen and oxygen atoms in total. The lowest BCUT2D eigenvalue weighted by Crippen LogP contribution is -2.31. The van der Waals surface area contributed by atoms with E-state index < -0.39 is 23.6 Å². The summed E-state index contributed by atoms with van der Waals surface area (Å²) in [6.45, 7) is 3.62. The van der Waals surface area contributed by atoms with Crippen LogP contribution in [0, 0.1) is 0 Å². The first-order valence-electron chi connectivity index (χ1n) is 14.8. The molecule has 4 aromatic carbocycles. The van der Waals surface area contributed by atoms with Gasteiger partial charge in [-0.15, -0.1) is 0 Å². The Morgan fingerprint density at radius 3 is 2.09 bits per heavy atom. The molecule has 0 amide bonds. The maximum atomic E-state index is 13.6. The number of hydrogen-bond acceptors (Lipinski definition) is 3. The van der Waals surface area contributed by atoms with Crippen molar-refractivity contribution >= 4 is 17.6 Å². The maximum Gasteiger partial charge on any atom is 0.417 e. The molecule has 1 unspecified atom stereocenters. The molecule has 4 rings (SSSR count). The van der Waals surface area contributed by atoms with Crippen molar-refractivity contribution < 1.29 is 27.8 Å². The van der Waals surface area contributed by atoms with E-state index in [1.807, 2.05) is 43.3 Å². The zero-order valence-electron chi connectivity index (χ0n) is 24.6. The van der Waals surface area contributed by atoms with E-state index in [9.17, 15) is 23.1 Å². The lowest BCUT2D eigenvalue weighted by molar-refractivity contribution is -0.139. The maximum absolute atomic E-state index is 13.6. The molecule has 0 fully saturated rings. The van der Waals surface area contributed by atoms with Gasteiger partial charge in [-0.25, -0.2) is 0 Å². The average molecular weight is 624 g/mol. The van der Waals surface area contributed by atoms with Crippen molar-refractivity contribution in [1.29, 1.82) is 0 Å². The Bertz CT molecular complexity index is 1440. The molecule has 8 heteroatoms. The first-order chi connectivity index (χ1) is 21.2. The summed E-state index contributed by atoms with van der Waals surface area (Å²) in [6.07, 6.45) is -2.67. The molecule has 0 aromatic heterocycles. The quantitative estimate of drug-likeness (QED) is 0.134. The van der Waals surface area contributed by atoms with Crippen molar-refractivity contribution in [3.63, 3.8) is 0 Å². The van der Waals surface area contributed by atoms with Crippen LogP contribution in [0.25, 0.3) is 0 Å². The molecule has 0 radical (unpaired) electrons. The molecule has 1 N–H and O–H groups in total. The smallest absolute Gasteiger partial charge is 0.417 e. The number of ether oxygens (including phenoxy) is 1. The zero-order valence-corrected chi connectivity index (χ0v) is 25.4. The second kappa shape index (κ2) is 15.8. The number of alkyl halides is 3. The van der Waals surface area contributed by atoms with Gasteiger partial charge < -0.3 is 9.84 Å². The van der Waals surface area contributed by atoms with Gasteiger partial charge >= 0.3 is 12.1 Å². The van der Waals surface area contributed by atoms with E-state index in [0.29, 0.717) is 49.4 Å². The molecule has 232 valence electrons. The Balaban J connectivity index is 1.54. The second-order valence-electron chi connectivity index (χ2n) is 10.8.